The van der Waals surface area contributed by atoms with Crippen molar-refractivity contribution in [1.82, 2.24) is 10.2 Å². The van der Waals surface area contributed by atoms with Gasteiger partial charge in [0.25, 0.3) is 0 Å². The van der Waals surface area contributed by atoms with E-state index in [4.69, 9.17) is 9.84 Å². The minimum atomic E-state index is -1.04. The van der Waals surface area contributed by atoms with Crippen LogP contribution < -0.4 is 10.1 Å². The van der Waals surface area contributed by atoms with Gasteiger partial charge in [0.2, 0.25) is 11.8 Å². The highest BCUT2D eigenvalue weighted by Crippen LogP contribution is 2.31. The van der Waals surface area contributed by atoms with E-state index in [0.29, 0.717) is 17.9 Å². The third-order valence-electron chi connectivity index (χ3n) is 5.69. The van der Waals surface area contributed by atoms with E-state index >= 15 is 0 Å². The van der Waals surface area contributed by atoms with Crippen LogP contribution in [0, 0.1) is 9.49 Å². The molecule has 0 spiro atoms. The lowest BCUT2D eigenvalue weighted by atomic mass is 9.87. The second-order valence-electron chi connectivity index (χ2n) is 8.55. The Morgan fingerprint density at radius 1 is 1.15 bits per heavy atom. The summed E-state index contributed by atoms with van der Waals surface area (Å²) in [4.78, 5) is 27.8. The second-order valence-corrected chi connectivity index (χ2v) is 9.71. The topological polar surface area (TPSA) is 99.1 Å². The minimum absolute atomic E-state index is 0.113. The number of aliphatic hydroxyl groups is 2. The van der Waals surface area contributed by atoms with Gasteiger partial charge in [-0.05, 0) is 46.4 Å². The van der Waals surface area contributed by atoms with Crippen molar-refractivity contribution in [3.63, 3.8) is 0 Å². The van der Waals surface area contributed by atoms with Crippen molar-refractivity contribution in [2.24, 2.45) is 5.92 Å². The first kappa shape index (κ1) is 26.2. The summed E-state index contributed by atoms with van der Waals surface area (Å²) >= 11 is 2.15. The molecule has 0 saturated heterocycles. The first-order chi connectivity index (χ1) is 16.3. The number of rotatable bonds is 9. The fraction of sp³-hybridized carbons (Fsp3) is 0.385. The van der Waals surface area contributed by atoms with Crippen LogP contribution in [0.5, 0.6) is 5.75 Å². The lowest BCUT2D eigenvalue weighted by molar-refractivity contribution is -0.142. The van der Waals surface area contributed by atoms with Crippen LogP contribution in [0.2, 0.25) is 0 Å². The number of halogens is 1. The van der Waals surface area contributed by atoms with Crippen LogP contribution in [0.3, 0.4) is 0 Å². The van der Waals surface area contributed by atoms with Crippen molar-refractivity contribution in [3.05, 3.63) is 75.4 Å². The Hall–Kier alpha value is -2.43. The average Bonchev–Trinajstić information content (AvgIpc) is 2.84. The fourth-order valence-corrected chi connectivity index (χ4v) is 4.45. The van der Waals surface area contributed by atoms with Crippen molar-refractivity contribution in [2.75, 3.05) is 13.2 Å². The van der Waals surface area contributed by atoms with Gasteiger partial charge in [-0.3, -0.25) is 9.59 Å². The van der Waals surface area contributed by atoms with E-state index < -0.39 is 18.2 Å². The summed E-state index contributed by atoms with van der Waals surface area (Å²) in [5.74, 6) is -0.163. The third-order valence-corrected chi connectivity index (χ3v) is 6.58. The number of nitrogens with zero attached hydrogens (tertiary/aromatic N) is 1. The minimum Gasteiger partial charge on any atom is -0.482 e. The summed E-state index contributed by atoms with van der Waals surface area (Å²) in [6.07, 6.45) is -0.0768. The van der Waals surface area contributed by atoms with E-state index in [0.717, 1.165) is 9.13 Å². The Morgan fingerprint density at radius 2 is 1.82 bits per heavy atom. The number of para-hydroxylation sites is 1. The lowest BCUT2D eigenvalue weighted by Crippen LogP contribution is -2.55. The van der Waals surface area contributed by atoms with Crippen LogP contribution in [0.4, 0.5) is 0 Å². The van der Waals surface area contributed by atoms with Crippen molar-refractivity contribution >= 4 is 34.4 Å². The molecule has 8 heteroatoms. The van der Waals surface area contributed by atoms with Gasteiger partial charge in [-0.2, -0.15) is 0 Å². The molecule has 7 nitrogen and oxygen atoms in total. The lowest BCUT2D eigenvalue weighted by Gasteiger charge is -2.41. The molecule has 0 saturated carbocycles. The molecule has 182 valence electrons. The van der Waals surface area contributed by atoms with Crippen LogP contribution in [-0.4, -0.2) is 58.3 Å². The summed E-state index contributed by atoms with van der Waals surface area (Å²) in [5, 5.41) is 23.2. The molecule has 0 bridgehead atoms. The van der Waals surface area contributed by atoms with Crippen molar-refractivity contribution in [3.8, 4) is 5.75 Å². The van der Waals surface area contributed by atoms with E-state index in [2.05, 4.69) is 27.9 Å². The zero-order valence-corrected chi connectivity index (χ0v) is 21.5. The molecule has 0 heterocycles. The van der Waals surface area contributed by atoms with E-state index in [-0.39, 0.29) is 37.3 Å². The van der Waals surface area contributed by atoms with Crippen molar-refractivity contribution < 1.29 is 24.5 Å². The number of ether oxygens (including phenoxy) is 1. The largest absolute Gasteiger partial charge is 0.482 e. The molecule has 0 aromatic heterocycles. The molecular formula is C26H31IN2O5. The number of carbonyl (C=O) groups is 2. The predicted molar refractivity (Wildman–Crippen MR) is 138 cm³/mol. The van der Waals surface area contributed by atoms with Gasteiger partial charge >= 0.3 is 0 Å². The van der Waals surface area contributed by atoms with Gasteiger partial charge in [-0.25, -0.2) is 0 Å². The van der Waals surface area contributed by atoms with Gasteiger partial charge in [0.15, 0.2) is 0 Å². The molecule has 1 aliphatic carbocycles. The molecule has 2 aromatic carbocycles. The Bertz CT molecular complexity index is 1010. The normalized spacial score (nSPS) is 19.9. The summed E-state index contributed by atoms with van der Waals surface area (Å²) < 4.78 is 7.02. The van der Waals surface area contributed by atoms with E-state index in [1.807, 2.05) is 62.4 Å². The Kier molecular flexibility index (Phi) is 9.49. The molecule has 0 aliphatic heterocycles. The van der Waals surface area contributed by atoms with Gasteiger partial charge in [-0.1, -0.05) is 56.3 Å². The van der Waals surface area contributed by atoms with Gasteiger partial charge < -0.3 is 25.2 Å². The molecule has 3 atom stereocenters. The van der Waals surface area contributed by atoms with E-state index in [1.165, 1.54) is 0 Å². The fourth-order valence-electron chi connectivity index (χ4n) is 3.94. The first-order valence-electron chi connectivity index (χ1n) is 11.3. The van der Waals surface area contributed by atoms with Crippen LogP contribution in [0.25, 0.3) is 0 Å². The molecule has 0 fully saturated rings. The van der Waals surface area contributed by atoms with Crippen LogP contribution in [0.15, 0.2) is 66.2 Å². The maximum Gasteiger partial charge on any atom is 0.247 e. The van der Waals surface area contributed by atoms with Crippen LogP contribution in [-0.2, 0) is 16.1 Å². The maximum atomic E-state index is 13.3. The maximum absolute atomic E-state index is 13.3. The quantitative estimate of drug-likeness (QED) is 0.398. The van der Waals surface area contributed by atoms with Crippen LogP contribution in [0.1, 0.15) is 25.8 Å². The van der Waals surface area contributed by atoms with Gasteiger partial charge in [0.1, 0.15) is 18.0 Å². The number of nitrogens with one attached hydrogen (secondary N) is 1. The third kappa shape index (κ3) is 6.58. The van der Waals surface area contributed by atoms with E-state index in [1.54, 1.807) is 17.0 Å². The average molecular weight is 578 g/mol. The molecule has 2 amide bonds. The molecule has 2 aromatic rings. The molecule has 0 radical (unpaired) electrons. The Labute approximate surface area is 213 Å². The highest BCUT2D eigenvalue weighted by molar-refractivity contribution is 14.1. The number of benzene rings is 2. The SMILES string of the molecule is CC(C)C(=O)N(Cc1ccccc1)[C@@H]1CC(C(=O)NCCO)=C[C@H](Oc2ccccc2I)[C@H]1O. The second kappa shape index (κ2) is 12.3. The molecule has 1 aliphatic rings. The predicted octanol–water partition coefficient (Wildman–Crippen LogP) is 2.89. The van der Waals surface area contributed by atoms with Gasteiger partial charge in [0, 0.05) is 31.0 Å². The van der Waals surface area contributed by atoms with E-state index in [9.17, 15) is 14.7 Å². The highest BCUT2D eigenvalue weighted by Gasteiger charge is 2.41. The van der Waals surface area contributed by atoms with Crippen LogP contribution >= 0.6 is 22.6 Å². The monoisotopic (exact) mass is 578 g/mol. The Balaban J connectivity index is 1.97. The Morgan fingerprint density at radius 3 is 2.47 bits per heavy atom. The first-order valence-corrected chi connectivity index (χ1v) is 12.4. The summed E-state index contributed by atoms with van der Waals surface area (Å²) in [7, 11) is 0. The standard InChI is InChI=1S/C26H31IN2O5/c1-17(2)26(33)29(16-18-8-4-3-5-9-18)21-14-19(25(32)28-12-13-30)15-23(24(21)31)34-22-11-7-6-10-20(22)27/h3-11,15,17,21,23-24,30-31H,12-14,16H2,1-2H3,(H,28,32)/t21-,23+,24+/m1/s1. The summed E-state index contributed by atoms with van der Waals surface area (Å²) in [6.45, 7) is 3.88. The molecule has 3 N–H and O–H groups in total. The molecule has 3 rings (SSSR count). The molecule has 0 unspecified atom stereocenters. The number of amides is 2. The zero-order valence-electron chi connectivity index (χ0n) is 19.4. The number of hydrogen-bond acceptors (Lipinski definition) is 5. The number of carbonyl (C=O) groups excluding carboxylic acids is 2. The van der Waals surface area contributed by atoms with Gasteiger partial charge in [0.05, 0.1) is 16.2 Å². The summed E-state index contributed by atoms with van der Waals surface area (Å²) in [5.41, 5.74) is 1.34. The molecule has 34 heavy (non-hydrogen) atoms. The number of hydrogen-bond donors (Lipinski definition) is 3. The molecular weight excluding hydrogens is 547 g/mol. The van der Waals surface area contributed by atoms with Gasteiger partial charge in [-0.15, -0.1) is 0 Å². The summed E-state index contributed by atoms with van der Waals surface area (Å²) in [6, 6.07) is 16.3. The smallest absolute Gasteiger partial charge is 0.247 e. The number of aliphatic hydroxyl groups excluding tert-OH is 2. The zero-order chi connectivity index (χ0) is 24.7. The highest BCUT2D eigenvalue weighted by atomic mass is 127. The van der Waals surface area contributed by atoms with Crippen molar-refractivity contribution in [1.29, 1.82) is 0 Å². The van der Waals surface area contributed by atoms with Crippen molar-refractivity contribution in [2.45, 2.75) is 45.1 Å².